The molecule has 0 aliphatic carbocycles. The molecule has 5 rings (SSSR count). The highest BCUT2D eigenvalue weighted by Gasteiger charge is 2.48. The average molecular weight is 461 g/mol. The van der Waals surface area contributed by atoms with Crippen molar-refractivity contribution in [3.8, 4) is 17.2 Å². The number of hydrogen-bond acceptors (Lipinski definition) is 7. The van der Waals surface area contributed by atoms with Crippen LogP contribution in [0.4, 0.5) is 0 Å². The molecule has 0 saturated carbocycles. The summed E-state index contributed by atoms with van der Waals surface area (Å²) in [5.41, 5.74) is 1.38. The zero-order valence-corrected chi connectivity index (χ0v) is 18.3. The predicted molar refractivity (Wildman–Crippen MR) is 117 cm³/mol. The summed E-state index contributed by atoms with van der Waals surface area (Å²) < 4.78 is 40.4. The fourth-order valence-electron chi connectivity index (χ4n) is 3.94. The third-order valence-electron chi connectivity index (χ3n) is 5.50. The second kappa shape index (κ2) is 7.76. The van der Waals surface area contributed by atoms with Crippen molar-refractivity contribution in [2.24, 2.45) is 4.99 Å². The minimum Gasteiger partial charge on any atom is -0.497 e. The quantitative estimate of drug-likeness (QED) is 0.686. The van der Waals surface area contributed by atoms with E-state index in [1.165, 1.54) is 11.8 Å². The van der Waals surface area contributed by atoms with Crippen LogP contribution in [-0.4, -0.2) is 61.1 Å². The van der Waals surface area contributed by atoms with E-state index in [0.29, 0.717) is 34.5 Å². The first-order valence-electron chi connectivity index (χ1n) is 9.71. The van der Waals surface area contributed by atoms with Crippen LogP contribution < -0.4 is 14.2 Å². The lowest BCUT2D eigenvalue weighted by molar-refractivity contribution is 0.100. The van der Waals surface area contributed by atoms with Crippen molar-refractivity contribution in [2.75, 3.05) is 25.4 Å². The molecule has 2 saturated heterocycles. The fraction of sp³-hybridized carbons (Fsp3) is 0.333. The third-order valence-corrected chi connectivity index (χ3v) is 8.75. The van der Waals surface area contributed by atoms with E-state index in [0.717, 1.165) is 5.56 Å². The lowest BCUT2D eigenvalue weighted by Crippen LogP contribution is -2.37. The molecular weight excluding hydrogens is 440 g/mol. The van der Waals surface area contributed by atoms with Crippen molar-refractivity contribution in [3.63, 3.8) is 0 Å². The third kappa shape index (κ3) is 3.97. The van der Waals surface area contributed by atoms with Crippen LogP contribution in [0, 0.1) is 0 Å². The highest BCUT2D eigenvalue weighted by Crippen LogP contribution is 2.40. The van der Waals surface area contributed by atoms with Crippen LogP contribution in [0.5, 0.6) is 17.2 Å². The number of fused-ring (bicyclic) bond motifs is 2. The van der Waals surface area contributed by atoms with Gasteiger partial charge in [-0.3, -0.25) is 4.79 Å². The van der Waals surface area contributed by atoms with Gasteiger partial charge in [0.2, 0.25) is 6.79 Å². The number of nitrogens with zero attached hydrogens (tertiary/aromatic N) is 2. The summed E-state index contributed by atoms with van der Waals surface area (Å²) in [6.45, 7) is 0.611. The van der Waals surface area contributed by atoms with E-state index in [-0.39, 0.29) is 35.5 Å². The number of hydrogen-bond donors (Lipinski definition) is 0. The molecule has 2 aromatic carbocycles. The Balaban J connectivity index is 1.43. The van der Waals surface area contributed by atoms with Gasteiger partial charge in [-0.1, -0.05) is 17.8 Å². The minimum absolute atomic E-state index is 0.0605. The van der Waals surface area contributed by atoms with Gasteiger partial charge in [0.05, 0.1) is 24.7 Å². The van der Waals surface area contributed by atoms with Gasteiger partial charge >= 0.3 is 0 Å². The number of amidine groups is 1. The number of sulfone groups is 1. The monoisotopic (exact) mass is 460 g/mol. The van der Waals surface area contributed by atoms with Crippen molar-refractivity contribution >= 4 is 32.7 Å². The Morgan fingerprint density at radius 2 is 1.94 bits per heavy atom. The maximum absolute atomic E-state index is 12.8. The topological polar surface area (TPSA) is 94.5 Å². The standard InChI is InChI=1S/C21H20N2O6S2/c1-27-15-5-3-14(4-6-15)20(24)22-21-23(16-10-31(25,26)11-19(16)30-21)9-13-2-7-17-18(8-13)29-12-28-17/h2-8,16,19H,9-12H2,1H3/t16-,19-/m1/s1. The summed E-state index contributed by atoms with van der Waals surface area (Å²) >= 11 is 1.36. The summed E-state index contributed by atoms with van der Waals surface area (Å²) in [7, 11) is -1.55. The van der Waals surface area contributed by atoms with Crippen molar-refractivity contribution in [1.29, 1.82) is 0 Å². The van der Waals surface area contributed by atoms with Gasteiger partial charge in [0.25, 0.3) is 5.91 Å². The number of thioether (sulfide) groups is 1. The number of ether oxygens (including phenoxy) is 3. The number of methoxy groups -OCH3 is 1. The molecule has 31 heavy (non-hydrogen) atoms. The molecule has 2 fully saturated rings. The normalized spacial score (nSPS) is 24.4. The van der Waals surface area contributed by atoms with Crippen LogP contribution in [0.25, 0.3) is 0 Å². The van der Waals surface area contributed by atoms with E-state index in [4.69, 9.17) is 14.2 Å². The Kier molecular flexibility index (Phi) is 5.05. The number of aliphatic imine (C=N–C) groups is 1. The highest BCUT2D eigenvalue weighted by molar-refractivity contribution is 8.15. The maximum Gasteiger partial charge on any atom is 0.279 e. The Morgan fingerprint density at radius 1 is 1.16 bits per heavy atom. The molecule has 0 N–H and O–H groups in total. The molecule has 3 aliphatic rings. The van der Waals surface area contributed by atoms with Crippen molar-refractivity contribution in [2.45, 2.75) is 17.8 Å². The molecule has 8 nitrogen and oxygen atoms in total. The minimum atomic E-state index is -3.11. The molecule has 0 spiro atoms. The van der Waals surface area contributed by atoms with E-state index in [9.17, 15) is 13.2 Å². The Labute approximate surface area is 184 Å². The fourth-order valence-corrected chi connectivity index (χ4v) is 7.89. The van der Waals surface area contributed by atoms with E-state index in [2.05, 4.69) is 4.99 Å². The molecule has 2 aromatic rings. The summed E-state index contributed by atoms with van der Waals surface area (Å²) in [5.74, 6) is 1.78. The summed E-state index contributed by atoms with van der Waals surface area (Å²) in [6, 6.07) is 12.2. The maximum atomic E-state index is 12.8. The molecule has 0 unspecified atom stereocenters. The molecule has 2 atom stereocenters. The van der Waals surface area contributed by atoms with Crippen LogP contribution in [0.1, 0.15) is 15.9 Å². The molecule has 0 radical (unpaired) electrons. The van der Waals surface area contributed by atoms with Gasteiger partial charge in [-0.05, 0) is 42.0 Å². The van der Waals surface area contributed by atoms with Gasteiger partial charge in [0, 0.05) is 17.4 Å². The lowest BCUT2D eigenvalue weighted by atomic mass is 10.1. The second-order valence-corrected chi connectivity index (χ2v) is 10.9. The van der Waals surface area contributed by atoms with Gasteiger partial charge in [-0.25, -0.2) is 8.42 Å². The number of amides is 1. The lowest BCUT2D eigenvalue weighted by Gasteiger charge is -2.24. The molecule has 162 valence electrons. The molecule has 0 aromatic heterocycles. The van der Waals surface area contributed by atoms with Gasteiger partial charge in [-0.15, -0.1) is 0 Å². The zero-order chi connectivity index (χ0) is 21.6. The molecule has 10 heteroatoms. The SMILES string of the molecule is COc1ccc(C(=O)N=C2S[C@@H]3CS(=O)(=O)C[C@H]3N2Cc2ccc3c(c2)OCO3)cc1. The smallest absolute Gasteiger partial charge is 0.279 e. The van der Waals surface area contributed by atoms with Gasteiger partial charge in [0.15, 0.2) is 26.5 Å². The van der Waals surface area contributed by atoms with Crippen LogP contribution in [0.15, 0.2) is 47.5 Å². The number of carbonyl (C=O) groups is 1. The Morgan fingerprint density at radius 3 is 2.71 bits per heavy atom. The van der Waals surface area contributed by atoms with Crippen molar-refractivity contribution in [1.82, 2.24) is 4.90 Å². The first kappa shape index (κ1) is 20.2. The van der Waals surface area contributed by atoms with E-state index < -0.39 is 9.84 Å². The second-order valence-electron chi connectivity index (χ2n) is 7.54. The molecule has 0 bridgehead atoms. The summed E-state index contributed by atoms with van der Waals surface area (Å²) in [6.07, 6.45) is 0. The number of rotatable bonds is 4. The van der Waals surface area contributed by atoms with Crippen LogP contribution in [0.2, 0.25) is 0 Å². The Hall–Kier alpha value is -2.72. The molecular formula is C21H20N2O6S2. The summed E-state index contributed by atoms with van der Waals surface area (Å²) in [4.78, 5) is 19.1. The largest absolute Gasteiger partial charge is 0.497 e. The number of benzene rings is 2. The van der Waals surface area contributed by atoms with Crippen LogP contribution >= 0.6 is 11.8 Å². The molecule has 3 heterocycles. The van der Waals surface area contributed by atoms with Crippen LogP contribution in [-0.2, 0) is 16.4 Å². The molecule has 1 amide bonds. The van der Waals surface area contributed by atoms with Gasteiger partial charge < -0.3 is 19.1 Å². The first-order valence-corrected chi connectivity index (χ1v) is 12.4. The van der Waals surface area contributed by atoms with E-state index in [1.54, 1.807) is 31.4 Å². The van der Waals surface area contributed by atoms with Crippen molar-refractivity contribution < 1.29 is 27.4 Å². The van der Waals surface area contributed by atoms with Gasteiger partial charge in [-0.2, -0.15) is 4.99 Å². The zero-order valence-electron chi connectivity index (χ0n) is 16.7. The van der Waals surface area contributed by atoms with Crippen LogP contribution in [0.3, 0.4) is 0 Å². The first-order chi connectivity index (χ1) is 14.9. The van der Waals surface area contributed by atoms with Gasteiger partial charge in [0.1, 0.15) is 5.75 Å². The average Bonchev–Trinajstić information content (AvgIpc) is 3.41. The predicted octanol–water partition coefficient (Wildman–Crippen LogP) is 2.33. The van der Waals surface area contributed by atoms with E-state index in [1.807, 2.05) is 23.1 Å². The molecule has 3 aliphatic heterocycles. The number of carbonyl (C=O) groups excluding carboxylic acids is 1. The summed E-state index contributed by atoms with van der Waals surface area (Å²) in [5, 5.41) is 0.407. The Bertz CT molecular complexity index is 1160. The highest BCUT2D eigenvalue weighted by atomic mass is 32.2. The van der Waals surface area contributed by atoms with E-state index >= 15 is 0 Å². The van der Waals surface area contributed by atoms with Crippen molar-refractivity contribution in [3.05, 3.63) is 53.6 Å².